The summed E-state index contributed by atoms with van der Waals surface area (Å²) in [6.45, 7) is 2.40. The van der Waals surface area contributed by atoms with Crippen LogP contribution in [0.25, 0.3) is 17.2 Å². The van der Waals surface area contributed by atoms with E-state index < -0.39 is 0 Å². The molecule has 0 radical (unpaired) electrons. The van der Waals surface area contributed by atoms with Crippen molar-refractivity contribution in [1.29, 1.82) is 0 Å². The Morgan fingerprint density at radius 1 is 1.00 bits per heavy atom. The molecule has 0 nitrogen and oxygen atoms in total. The van der Waals surface area contributed by atoms with Crippen molar-refractivity contribution in [1.82, 2.24) is 0 Å². The van der Waals surface area contributed by atoms with E-state index in [0.29, 0.717) is 9.04 Å². The van der Waals surface area contributed by atoms with Crippen LogP contribution in [0.2, 0.25) is 0 Å². The van der Waals surface area contributed by atoms with Crippen LogP contribution < -0.4 is 0 Å². The van der Waals surface area contributed by atoms with E-state index in [1.165, 1.54) is 55.2 Å². The Balaban J connectivity index is 1.71. The van der Waals surface area contributed by atoms with Crippen molar-refractivity contribution in [3.63, 3.8) is 0 Å². The molecule has 0 saturated heterocycles. The second-order valence-electron chi connectivity index (χ2n) is 7.56. The second kappa shape index (κ2) is 6.76. The summed E-state index contributed by atoms with van der Waals surface area (Å²) in [7, 11) is 0. The molecule has 2 aromatic carbocycles. The van der Waals surface area contributed by atoms with Crippen LogP contribution in [0, 0.1) is 5.41 Å². The van der Waals surface area contributed by atoms with Gasteiger partial charge in [0.05, 0.1) is 0 Å². The molecule has 4 rings (SSSR count). The summed E-state index contributed by atoms with van der Waals surface area (Å²) < 4.78 is 0.667. The van der Waals surface area contributed by atoms with Crippen LogP contribution in [0.5, 0.6) is 0 Å². The van der Waals surface area contributed by atoms with Crippen LogP contribution in [0.15, 0.2) is 54.1 Å². The standard InChI is InChI=1S/C23H25.Zr/c1-2-23(13-6-7-14-23)17-18-15-20-11-8-12-21(22(20)16-18)19-9-4-3-5-10-19;/h3-5,8-12,15-16H,2,6-7,13-14,17H2,1H3;. The van der Waals surface area contributed by atoms with Crippen molar-refractivity contribution in [3.05, 3.63) is 65.2 Å². The molecule has 2 aliphatic carbocycles. The molecule has 1 atom stereocenters. The van der Waals surface area contributed by atoms with E-state index in [1.807, 2.05) is 0 Å². The van der Waals surface area contributed by atoms with Gasteiger partial charge in [0, 0.05) is 0 Å². The monoisotopic (exact) mass is 391 g/mol. The second-order valence-corrected chi connectivity index (χ2v) is 8.98. The Hall–Kier alpha value is -0.937. The summed E-state index contributed by atoms with van der Waals surface area (Å²) in [6.07, 6.45) is 11.0. The number of hydrogen-bond donors (Lipinski definition) is 0. The van der Waals surface area contributed by atoms with E-state index in [-0.39, 0.29) is 0 Å². The molecular weight excluding hydrogens is 367 g/mol. The minimum atomic E-state index is 0.593. The Morgan fingerprint density at radius 2 is 1.75 bits per heavy atom. The average Bonchev–Trinajstić information content (AvgIpc) is 3.22. The predicted octanol–water partition coefficient (Wildman–Crippen LogP) is 6.70. The molecule has 0 amide bonds. The van der Waals surface area contributed by atoms with Gasteiger partial charge in [-0.25, -0.2) is 0 Å². The van der Waals surface area contributed by atoms with Gasteiger partial charge in [-0.05, 0) is 0 Å². The van der Waals surface area contributed by atoms with Crippen molar-refractivity contribution >= 4 is 6.08 Å². The van der Waals surface area contributed by atoms with Gasteiger partial charge in [0.2, 0.25) is 0 Å². The number of allylic oxidation sites excluding steroid dienone is 1. The average molecular weight is 393 g/mol. The molecule has 0 spiro atoms. The number of hydrogen-bond acceptors (Lipinski definition) is 0. The fourth-order valence-electron chi connectivity index (χ4n) is 4.70. The Morgan fingerprint density at radius 3 is 2.46 bits per heavy atom. The molecule has 1 fully saturated rings. The normalized spacial score (nSPS) is 21.5. The molecule has 2 aliphatic rings. The van der Waals surface area contributed by atoms with Crippen LogP contribution in [0.1, 0.15) is 60.2 Å². The van der Waals surface area contributed by atoms with Crippen molar-refractivity contribution in [2.75, 3.05) is 0 Å². The molecular formula is C23H25Zr. The zero-order valence-corrected chi connectivity index (χ0v) is 17.0. The molecule has 121 valence electrons. The molecule has 1 heteroatoms. The molecule has 1 saturated carbocycles. The maximum atomic E-state index is 2.55. The van der Waals surface area contributed by atoms with E-state index in [4.69, 9.17) is 0 Å². The van der Waals surface area contributed by atoms with Gasteiger partial charge in [-0.2, -0.15) is 0 Å². The van der Waals surface area contributed by atoms with Crippen molar-refractivity contribution in [3.8, 4) is 11.1 Å². The number of benzene rings is 2. The topological polar surface area (TPSA) is 0 Å². The SMILES string of the molecule is CCC1(CC2=Cc3c(-c4ccccc4)cccc3[CH]2[Zr])CCCC1. The van der Waals surface area contributed by atoms with Crippen LogP contribution in [0.4, 0.5) is 0 Å². The maximum absolute atomic E-state index is 2.55. The van der Waals surface area contributed by atoms with E-state index in [0.717, 1.165) is 0 Å². The Labute approximate surface area is 161 Å². The molecule has 0 bridgehead atoms. The Kier molecular flexibility index (Phi) is 4.65. The number of fused-ring (bicyclic) bond motifs is 1. The van der Waals surface area contributed by atoms with E-state index in [9.17, 15) is 0 Å². The molecule has 0 aliphatic heterocycles. The Bertz CT molecular complexity index is 751. The number of rotatable bonds is 4. The van der Waals surface area contributed by atoms with Gasteiger partial charge in [0.25, 0.3) is 0 Å². The fourth-order valence-corrected chi connectivity index (χ4v) is 5.77. The van der Waals surface area contributed by atoms with Gasteiger partial charge in [0.15, 0.2) is 0 Å². The quantitative estimate of drug-likeness (QED) is 0.543. The summed E-state index contributed by atoms with van der Waals surface area (Å²) in [5.41, 5.74) is 8.11. The van der Waals surface area contributed by atoms with E-state index in [1.54, 1.807) is 35.9 Å². The van der Waals surface area contributed by atoms with Crippen molar-refractivity contribution in [2.24, 2.45) is 5.41 Å². The van der Waals surface area contributed by atoms with Crippen molar-refractivity contribution < 1.29 is 24.7 Å². The first kappa shape index (κ1) is 16.5. The van der Waals surface area contributed by atoms with Gasteiger partial charge in [0.1, 0.15) is 0 Å². The third kappa shape index (κ3) is 2.90. The van der Waals surface area contributed by atoms with Gasteiger partial charge >= 0.3 is 162 Å². The third-order valence-corrected chi connectivity index (χ3v) is 7.91. The summed E-state index contributed by atoms with van der Waals surface area (Å²) in [6, 6.07) is 17.8. The van der Waals surface area contributed by atoms with Crippen molar-refractivity contribution in [2.45, 2.75) is 49.1 Å². The third-order valence-electron chi connectivity index (χ3n) is 6.23. The minimum absolute atomic E-state index is 0.593. The predicted molar refractivity (Wildman–Crippen MR) is 98.4 cm³/mol. The van der Waals surface area contributed by atoms with Gasteiger partial charge in [-0.1, -0.05) is 0 Å². The van der Waals surface area contributed by atoms with Gasteiger partial charge in [-0.3, -0.25) is 0 Å². The first-order chi connectivity index (χ1) is 11.7. The van der Waals surface area contributed by atoms with Crippen LogP contribution >= 0.6 is 0 Å². The molecule has 2 aromatic rings. The zero-order valence-electron chi connectivity index (χ0n) is 14.5. The molecule has 0 N–H and O–H groups in total. The zero-order chi connectivity index (χ0) is 16.6. The van der Waals surface area contributed by atoms with Gasteiger partial charge < -0.3 is 0 Å². The molecule has 0 heterocycles. The fraction of sp³-hybridized carbons (Fsp3) is 0.391. The van der Waals surface area contributed by atoms with E-state index >= 15 is 0 Å². The van der Waals surface area contributed by atoms with E-state index in [2.05, 4.69) is 61.5 Å². The first-order valence-corrected chi connectivity index (χ1v) is 10.7. The van der Waals surface area contributed by atoms with Gasteiger partial charge in [-0.15, -0.1) is 0 Å². The summed E-state index contributed by atoms with van der Waals surface area (Å²) in [4.78, 5) is 0. The van der Waals surface area contributed by atoms with Crippen LogP contribution in [-0.2, 0) is 24.7 Å². The molecule has 0 aromatic heterocycles. The van der Waals surface area contributed by atoms with Crippen LogP contribution in [-0.4, -0.2) is 0 Å². The summed E-state index contributed by atoms with van der Waals surface area (Å²) in [5, 5.41) is 0. The first-order valence-electron chi connectivity index (χ1n) is 9.32. The molecule has 1 unspecified atom stereocenters. The van der Waals surface area contributed by atoms with Crippen LogP contribution in [0.3, 0.4) is 0 Å². The molecule has 24 heavy (non-hydrogen) atoms. The summed E-state index contributed by atoms with van der Waals surface area (Å²) in [5.74, 6) is 0. The summed E-state index contributed by atoms with van der Waals surface area (Å²) >= 11 is 1.64.